The maximum Gasteiger partial charge on any atom is 0.248 e. The highest BCUT2D eigenvalue weighted by Gasteiger charge is 2.25. The van der Waals surface area contributed by atoms with Crippen molar-refractivity contribution in [3.63, 3.8) is 0 Å². The summed E-state index contributed by atoms with van der Waals surface area (Å²) >= 11 is 0. The average Bonchev–Trinajstić information content (AvgIpc) is 2.97. The SMILES string of the molecule is O=C(C=Cc1ccccc1)Nc1cccc(S(=O)(=O)N2CCCCCC2)c1. The van der Waals surface area contributed by atoms with Crippen molar-refractivity contribution >= 4 is 27.7 Å². The number of carbonyl (C=O) groups excluding carboxylic acids is 1. The van der Waals surface area contributed by atoms with Gasteiger partial charge in [0.2, 0.25) is 15.9 Å². The zero-order chi connectivity index (χ0) is 19.1. The first-order chi connectivity index (χ1) is 13.1. The van der Waals surface area contributed by atoms with E-state index in [1.807, 2.05) is 30.3 Å². The minimum absolute atomic E-state index is 0.217. The molecule has 6 heteroatoms. The predicted octanol–water partition coefficient (Wildman–Crippen LogP) is 3.90. The minimum atomic E-state index is -3.53. The van der Waals surface area contributed by atoms with Gasteiger partial charge in [-0.1, -0.05) is 49.2 Å². The number of sulfonamides is 1. The zero-order valence-electron chi connectivity index (χ0n) is 15.2. The van der Waals surface area contributed by atoms with E-state index < -0.39 is 10.0 Å². The first kappa shape index (κ1) is 19.3. The summed E-state index contributed by atoms with van der Waals surface area (Å²) in [6, 6.07) is 16.0. The van der Waals surface area contributed by atoms with Gasteiger partial charge in [-0.15, -0.1) is 0 Å². The van der Waals surface area contributed by atoms with E-state index in [2.05, 4.69) is 5.32 Å². The first-order valence-corrected chi connectivity index (χ1v) is 10.6. The molecule has 0 spiro atoms. The fourth-order valence-corrected chi connectivity index (χ4v) is 4.65. The van der Waals surface area contributed by atoms with Crippen LogP contribution in [0, 0.1) is 0 Å². The van der Waals surface area contributed by atoms with E-state index in [1.54, 1.807) is 28.6 Å². The number of carbonyl (C=O) groups is 1. The molecule has 3 rings (SSSR count). The van der Waals surface area contributed by atoms with Crippen LogP contribution in [0.3, 0.4) is 0 Å². The molecular weight excluding hydrogens is 360 g/mol. The molecule has 0 saturated carbocycles. The molecule has 1 N–H and O–H groups in total. The van der Waals surface area contributed by atoms with Crippen LogP contribution in [0.1, 0.15) is 31.2 Å². The largest absolute Gasteiger partial charge is 0.322 e. The van der Waals surface area contributed by atoms with Crippen LogP contribution in [-0.4, -0.2) is 31.7 Å². The Morgan fingerprint density at radius 2 is 1.63 bits per heavy atom. The summed E-state index contributed by atoms with van der Waals surface area (Å²) in [5.41, 5.74) is 1.39. The van der Waals surface area contributed by atoms with Gasteiger partial charge in [0.1, 0.15) is 0 Å². The van der Waals surface area contributed by atoms with Crippen molar-refractivity contribution in [3.05, 3.63) is 66.2 Å². The number of hydrogen-bond acceptors (Lipinski definition) is 3. The summed E-state index contributed by atoms with van der Waals surface area (Å²) in [5.74, 6) is -0.303. The second-order valence-electron chi connectivity index (χ2n) is 6.58. The molecule has 0 aliphatic carbocycles. The Labute approximate surface area is 160 Å². The molecule has 0 atom stereocenters. The van der Waals surface area contributed by atoms with E-state index in [-0.39, 0.29) is 10.8 Å². The first-order valence-electron chi connectivity index (χ1n) is 9.20. The molecular formula is C21H24N2O3S. The van der Waals surface area contributed by atoms with Gasteiger partial charge in [-0.25, -0.2) is 8.42 Å². The second kappa shape index (κ2) is 8.97. The van der Waals surface area contributed by atoms with Gasteiger partial charge in [-0.2, -0.15) is 4.31 Å². The predicted molar refractivity (Wildman–Crippen MR) is 108 cm³/mol. The Morgan fingerprint density at radius 1 is 0.926 bits per heavy atom. The van der Waals surface area contributed by atoms with Crippen LogP contribution >= 0.6 is 0 Å². The highest BCUT2D eigenvalue weighted by Crippen LogP contribution is 2.22. The van der Waals surface area contributed by atoms with Gasteiger partial charge in [0, 0.05) is 24.9 Å². The highest BCUT2D eigenvalue weighted by molar-refractivity contribution is 7.89. The van der Waals surface area contributed by atoms with Crippen molar-refractivity contribution < 1.29 is 13.2 Å². The standard InChI is InChI=1S/C21H24N2O3S/c24-21(14-13-18-9-4-3-5-10-18)22-19-11-8-12-20(17-19)27(25,26)23-15-6-1-2-7-16-23/h3-5,8-14,17H,1-2,6-7,15-16H2,(H,22,24). The molecule has 1 aliphatic rings. The Morgan fingerprint density at radius 3 is 2.33 bits per heavy atom. The third-order valence-electron chi connectivity index (χ3n) is 4.53. The van der Waals surface area contributed by atoms with Crippen LogP contribution in [0.2, 0.25) is 0 Å². The van der Waals surface area contributed by atoms with Gasteiger partial charge in [-0.05, 0) is 42.7 Å². The van der Waals surface area contributed by atoms with Crippen LogP contribution < -0.4 is 5.32 Å². The van der Waals surface area contributed by atoms with E-state index in [4.69, 9.17) is 0 Å². The van der Waals surface area contributed by atoms with Crippen molar-refractivity contribution in [1.29, 1.82) is 0 Å². The van der Waals surface area contributed by atoms with E-state index in [0.717, 1.165) is 31.2 Å². The highest BCUT2D eigenvalue weighted by atomic mass is 32.2. The topological polar surface area (TPSA) is 66.5 Å². The third-order valence-corrected chi connectivity index (χ3v) is 6.43. The lowest BCUT2D eigenvalue weighted by Gasteiger charge is -2.20. The summed E-state index contributed by atoms with van der Waals surface area (Å²) in [4.78, 5) is 12.4. The monoisotopic (exact) mass is 384 g/mol. The van der Waals surface area contributed by atoms with Crippen LogP contribution in [0.4, 0.5) is 5.69 Å². The van der Waals surface area contributed by atoms with Crippen molar-refractivity contribution in [2.45, 2.75) is 30.6 Å². The third kappa shape index (κ3) is 5.28. The summed E-state index contributed by atoms with van der Waals surface area (Å²) in [6.07, 6.45) is 7.06. The van der Waals surface area contributed by atoms with E-state index in [9.17, 15) is 13.2 Å². The zero-order valence-corrected chi connectivity index (χ0v) is 16.0. The molecule has 1 fully saturated rings. The molecule has 5 nitrogen and oxygen atoms in total. The molecule has 2 aromatic carbocycles. The number of rotatable bonds is 5. The molecule has 0 aromatic heterocycles. The molecule has 0 radical (unpaired) electrons. The van der Waals surface area contributed by atoms with Gasteiger partial charge in [0.05, 0.1) is 4.90 Å². The van der Waals surface area contributed by atoms with Crippen LogP contribution in [0.15, 0.2) is 65.6 Å². The minimum Gasteiger partial charge on any atom is -0.322 e. The Balaban J connectivity index is 1.71. The number of benzene rings is 2. The Hall–Kier alpha value is -2.44. The van der Waals surface area contributed by atoms with Crippen LogP contribution in [0.25, 0.3) is 6.08 Å². The van der Waals surface area contributed by atoms with Crippen molar-refractivity contribution in [2.75, 3.05) is 18.4 Å². The quantitative estimate of drug-likeness (QED) is 0.795. The fraction of sp³-hybridized carbons (Fsp3) is 0.286. The molecule has 1 saturated heterocycles. The van der Waals surface area contributed by atoms with Gasteiger partial charge in [0.15, 0.2) is 0 Å². The molecule has 27 heavy (non-hydrogen) atoms. The van der Waals surface area contributed by atoms with Gasteiger partial charge in [0.25, 0.3) is 0 Å². The molecule has 1 aliphatic heterocycles. The van der Waals surface area contributed by atoms with Crippen molar-refractivity contribution in [1.82, 2.24) is 4.31 Å². The molecule has 1 amide bonds. The molecule has 2 aromatic rings. The number of nitrogens with zero attached hydrogens (tertiary/aromatic N) is 1. The number of hydrogen-bond donors (Lipinski definition) is 1. The summed E-state index contributed by atoms with van der Waals surface area (Å²) in [6.45, 7) is 1.11. The van der Waals surface area contributed by atoms with Gasteiger partial charge in [-0.3, -0.25) is 4.79 Å². The average molecular weight is 385 g/mol. The molecule has 0 unspecified atom stereocenters. The molecule has 142 valence electrons. The lowest BCUT2D eigenvalue weighted by molar-refractivity contribution is -0.111. The maximum absolute atomic E-state index is 12.9. The summed E-state index contributed by atoms with van der Waals surface area (Å²) < 4.78 is 27.3. The fourth-order valence-electron chi connectivity index (χ4n) is 3.09. The van der Waals surface area contributed by atoms with Crippen molar-refractivity contribution in [2.24, 2.45) is 0 Å². The summed E-state index contributed by atoms with van der Waals surface area (Å²) in [5, 5.41) is 2.73. The molecule has 0 bridgehead atoms. The maximum atomic E-state index is 12.9. The van der Waals surface area contributed by atoms with E-state index >= 15 is 0 Å². The molecule has 1 heterocycles. The summed E-state index contributed by atoms with van der Waals surface area (Å²) in [7, 11) is -3.53. The van der Waals surface area contributed by atoms with Crippen LogP contribution in [0.5, 0.6) is 0 Å². The Kier molecular flexibility index (Phi) is 6.42. The number of nitrogens with one attached hydrogen (secondary N) is 1. The van der Waals surface area contributed by atoms with Crippen LogP contribution in [-0.2, 0) is 14.8 Å². The number of amides is 1. The number of anilines is 1. The lowest BCUT2D eigenvalue weighted by Crippen LogP contribution is -2.32. The normalized spacial score (nSPS) is 16.1. The van der Waals surface area contributed by atoms with Gasteiger partial charge >= 0.3 is 0 Å². The van der Waals surface area contributed by atoms with Gasteiger partial charge < -0.3 is 5.32 Å². The lowest BCUT2D eigenvalue weighted by atomic mass is 10.2. The Bertz CT molecular complexity index is 900. The smallest absolute Gasteiger partial charge is 0.248 e. The van der Waals surface area contributed by atoms with Crippen molar-refractivity contribution in [3.8, 4) is 0 Å². The second-order valence-corrected chi connectivity index (χ2v) is 8.52. The van der Waals surface area contributed by atoms with E-state index in [1.165, 1.54) is 12.1 Å². The van der Waals surface area contributed by atoms with E-state index in [0.29, 0.717) is 18.8 Å².